The van der Waals surface area contributed by atoms with Gasteiger partial charge < -0.3 is 19.5 Å². The fraction of sp³-hybridized carbons (Fsp3) is 0.375. The van der Waals surface area contributed by atoms with E-state index in [1.807, 2.05) is 65.9 Å². The third kappa shape index (κ3) is 4.45. The van der Waals surface area contributed by atoms with Crippen molar-refractivity contribution in [3.05, 3.63) is 53.9 Å². The van der Waals surface area contributed by atoms with E-state index in [9.17, 15) is 9.59 Å². The molecule has 0 unspecified atom stereocenters. The Kier molecular flexibility index (Phi) is 6.14. The number of ether oxygens (including phenoxy) is 1. The molecule has 1 aromatic heterocycles. The van der Waals surface area contributed by atoms with E-state index in [0.29, 0.717) is 19.6 Å². The number of nitrogens with one attached hydrogen (secondary N) is 1. The number of amides is 2. The van der Waals surface area contributed by atoms with E-state index in [2.05, 4.69) is 15.2 Å². The van der Waals surface area contributed by atoms with Crippen LogP contribution in [0.4, 0.5) is 5.69 Å². The van der Waals surface area contributed by atoms with Gasteiger partial charge in [0, 0.05) is 39.3 Å². The largest absolute Gasteiger partial charge is 0.497 e. The first kappa shape index (κ1) is 21.8. The van der Waals surface area contributed by atoms with Crippen molar-refractivity contribution in [2.24, 2.45) is 7.05 Å². The number of methoxy groups -OCH3 is 1. The van der Waals surface area contributed by atoms with Gasteiger partial charge in [0.25, 0.3) is 0 Å². The zero-order chi connectivity index (χ0) is 22.8. The summed E-state index contributed by atoms with van der Waals surface area (Å²) in [5.41, 5.74) is 3.65. The smallest absolute Gasteiger partial charge is 0.238 e. The Hall–Kier alpha value is -3.39. The summed E-state index contributed by atoms with van der Waals surface area (Å²) in [5, 5.41) is 2.99. The fourth-order valence-electron chi connectivity index (χ4n) is 4.27. The Labute approximate surface area is 187 Å². The molecule has 1 aliphatic rings. The summed E-state index contributed by atoms with van der Waals surface area (Å²) in [6.07, 6.45) is 0. The predicted octanol–water partition coefficient (Wildman–Crippen LogP) is 2.73. The van der Waals surface area contributed by atoms with Gasteiger partial charge in [0.1, 0.15) is 11.6 Å². The minimum Gasteiger partial charge on any atom is -0.497 e. The van der Waals surface area contributed by atoms with Gasteiger partial charge in [-0.05, 0) is 42.8 Å². The Morgan fingerprint density at radius 2 is 1.91 bits per heavy atom. The molecule has 0 radical (unpaired) electrons. The van der Waals surface area contributed by atoms with Crippen LogP contribution < -0.4 is 10.1 Å². The SMILES string of the molecule is COc1ccc([C@H]2CN(CC(=O)Nc3ccc4c(c3)nc(C)n4C)CCN2C(C)=O)cc1. The molecule has 1 fully saturated rings. The molecule has 0 saturated carbocycles. The van der Waals surface area contributed by atoms with Crippen LogP contribution in [0.15, 0.2) is 42.5 Å². The highest BCUT2D eigenvalue weighted by Gasteiger charge is 2.30. The summed E-state index contributed by atoms with van der Waals surface area (Å²) in [5.74, 6) is 1.65. The lowest BCUT2D eigenvalue weighted by Gasteiger charge is -2.41. The van der Waals surface area contributed by atoms with Gasteiger partial charge in [-0.25, -0.2) is 4.98 Å². The van der Waals surface area contributed by atoms with Gasteiger partial charge in [0.05, 0.1) is 30.7 Å². The average Bonchev–Trinajstić information content (AvgIpc) is 3.06. The number of anilines is 1. The van der Waals surface area contributed by atoms with Crippen LogP contribution in [0.2, 0.25) is 0 Å². The zero-order valence-corrected chi connectivity index (χ0v) is 19.0. The van der Waals surface area contributed by atoms with Crippen molar-refractivity contribution in [2.45, 2.75) is 19.9 Å². The first-order valence-corrected chi connectivity index (χ1v) is 10.7. The van der Waals surface area contributed by atoms with E-state index in [-0.39, 0.29) is 24.4 Å². The molecule has 0 spiro atoms. The molecular formula is C24H29N5O3. The number of carbonyl (C=O) groups is 2. The molecule has 3 aromatic rings. The van der Waals surface area contributed by atoms with E-state index in [1.54, 1.807) is 14.0 Å². The summed E-state index contributed by atoms with van der Waals surface area (Å²) >= 11 is 0. The molecule has 4 rings (SSSR count). The molecule has 32 heavy (non-hydrogen) atoms. The molecule has 1 saturated heterocycles. The number of rotatable bonds is 5. The molecule has 0 aliphatic carbocycles. The number of imidazole rings is 1. The van der Waals surface area contributed by atoms with E-state index < -0.39 is 0 Å². The van der Waals surface area contributed by atoms with E-state index in [0.717, 1.165) is 33.9 Å². The normalized spacial score (nSPS) is 16.9. The number of nitrogens with zero attached hydrogens (tertiary/aromatic N) is 4. The van der Waals surface area contributed by atoms with Gasteiger partial charge >= 0.3 is 0 Å². The van der Waals surface area contributed by atoms with Crippen molar-refractivity contribution in [3.63, 3.8) is 0 Å². The molecule has 8 nitrogen and oxygen atoms in total. The van der Waals surface area contributed by atoms with Crippen LogP contribution in [-0.4, -0.2) is 64.5 Å². The summed E-state index contributed by atoms with van der Waals surface area (Å²) in [6, 6.07) is 13.4. The molecule has 2 aromatic carbocycles. The van der Waals surface area contributed by atoms with Crippen LogP contribution in [-0.2, 0) is 16.6 Å². The molecule has 1 atom stereocenters. The van der Waals surface area contributed by atoms with Crippen LogP contribution in [0.5, 0.6) is 5.75 Å². The number of benzene rings is 2. The van der Waals surface area contributed by atoms with E-state index >= 15 is 0 Å². The van der Waals surface area contributed by atoms with Crippen LogP contribution in [0.1, 0.15) is 24.4 Å². The van der Waals surface area contributed by atoms with Gasteiger partial charge in [-0.15, -0.1) is 0 Å². The molecule has 8 heteroatoms. The van der Waals surface area contributed by atoms with Crippen molar-refractivity contribution in [3.8, 4) is 5.75 Å². The molecule has 2 amide bonds. The predicted molar refractivity (Wildman–Crippen MR) is 124 cm³/mol. The van der Waals surface area contributed by atoms with E-state index in [1.165, 1.54) is 0 Å². The number of hydrogen-bond donors (Lipinski definition) is 1. The molecular weight excluding hydrogens is 406 g/mol. The monoisotopic (exact) mass is 435 g/mol. The zero-order valence-electron chi connectivity index (χ0n) is 19.0. The third-order valence-corrected chi connectivity index (χ3v) is 6.12. The second-order valence-corrected chi connectivity index (χ2v) is 8.21. The third-order valence-electron chi connectivity index (χ3n) is 6.12. The van der Waals surface area contributed by atoms with Crippen molar-refractivity contribution in [2.75, 3.05) is 38.6 Å². The Balaban J connectivity index is 1.44. The van der Waals surface area contributed by atoms with Crippen LogP contribution in [0.3, 0.4) is 0 Å². The van der Waals surface area contributed by atoms with E-state index in [4.69, 9.17) is 4.74 Å². The lowest BCUT2D eigenvalue weighted by Crippen LogP contribution is -2.51. The Morgan fingerprint density at radius 3 is 2.59 bits per heavy atom. The Morgan fingerprint density at radius 1 is 1.16 bits per heavy atom. The van der Waals surface area contributed by atoms with Gasteiger partial charge in [-0.3, -0.25) is 14.5 Å². The maximum Gasteiger partial charge on any atom is 0.238 e. The second kappa shape index (κ2) is 9.00. The highest BCUT2D eigenvalue weighted by atomic mass is 16.5. The molecule has 168 valence electrons. The molecule has 1 aliphatic heterocycles. The fourth-order valence-corrected chi connectivity index (χ4v) is 4.27. The number of hydrogen-bond acceptors (Lipinski definition) is 5. The maximum absolute atomic E-state index is 12.8. The summed E-state index contributed by atoms with van der Waals surface area (Å²) in [7, 11) is 3.60. The van der Waals surface area contributed by atoms with Gasteiger partial charge in [0.2, 0.25) is 11.8 Å². The highest BCUT2D eigenvalue weighted by Crippen LogP contribution is 2.27. The van der Waals surface area contributed by atoms with Gasteiger partial charge in [0.15, 0.2) is 0 Å². The molecule has 0 bridgehead atoms. The minimum absolute atomic E-state index is 0.0360. The number of carbonyl (C=O) groups excluding carboxylic acids is 2. The maximum atomic E-state index is 12.8. The topological polar surface area (TPSA) is 79.7 Å². The van der Waals surface area contributed by atoms with Crippen molar-refractivity contribution >= 4 is 28.5 Å². The summed E-state index contributed by atoms with van der Waals surface area (Å²) in [4.78, 5) is 33.5. The van der Waals surface area contributed by atoms with Gasteiger partial charge in [-0.1, -0.05) is 12.1 Å². The van der Waals surface area contributed by atoms with Crippen LogP contribution >= 0.6 is 0 Å². The quantitative estimate of drug-likeness (QED) is 0.667. The lowest BCUT2D eigenvalue weighted by molar-refractivity contribution is -0.134. The number of aryl methyl sites for hydroxylation is 2. The first-order valence-electron chi connectivity index (χ1n) is 10.7. The van der Waals surface area contributed by atoms with Crippen LogP contribution in [0.25, 0.3) is 11.0 Å². The summed E-state index contributed by atoms with van der Waals surface area (Å²) < 4.78 is 7.27. The Bertz CT molecular complexity index is 1140. The van der Waals surface area contributed by atoms with Gasteiger partial charge in [-0.2, -0.15) is 0 Å². The van der Waals surface area contributed by atoms with Crippen molar-refractivity contribution in [1.29, 1.82) is 0 Å². The second-order valence-electron chi connectivity index (χ2n) is 8.21. The van der Waals surface area contributed by atoms with Crippen molar-refractivity contribution < 1.29 is 14.3 Å². The average molecular weight is 436 g/mol. The highest BCUT2D eigenvalue weighted by molar-refractivity contribution is 5.94. The number of piperazine rings is 1. The molecule has 2 heterocycles. The summed E-state index contributed by atoms with van der Waals surface area (Å²) in [6.45, 7) is 5.64. The minimum atomic E-state index is -0.104. The lowest BCUT2D eigenvalue weighted by atomic mass is 10.0. The standard InChI is InChI=1S/C24H29N5O3/c1-16-25-21-13-19(7-10-22(21)27(16)3)26-24(31)15-28-11-12-29(17(2)30)23(14-28)18-5-8-20(32-4)9-6-18/h5-10,13,23H,11-12,14-15H2,1-4H3,(H,26,31)/t23-/m1/s1. The van der Waals surface area contributed by atoms with Crippen molar-refractivity contribution in [1.82, 2.24) is 19.4 Å². The first-order chi connectivity index (χ1) is 15.4. The molecule has 1 N–H and O–H groups in total. The number of fused-ring (bicyclic) bond motifs is 1. The number of aromatic nitrogens is 2. The van der Waals surface area contributed by atoms with Crippen LogP contribution in [0, 0.1) is 6.92 Å².